The average Bonchev–Trinajstić information content (AvgIpc) is 3.19. The SMILES string of the molecule is CC/C=C\C/C=C\C/C=C\C/C=C\C/C=C\C/C=C\C/C=C\CCCC(=O)OC(COC(=O)CCCCCCCCCCCCCC)COP(=O)(O)OCC[N+](C)(C)C. The number of hydrogen-bond acceptors (Lipinski definition) is 7. The van der Waals surface area contributed by atoms with Crippen LogP contribution in [0.15, 0.2) is 85.1 Å². The summed E-state index contributed by atoms with van der Waals surface area (Å²) in [6.07, 6.45) is 52.1. The Morgan fingerprint density at radius 2 is 0.966 bits per heavy atom. The van der Waals surface area contributed by atoms with Gasteiger partial charge in [0.25, 0.3) is 0 Å². The van der Waals surface area contributed by atoms with Gasteiger partial charge in [-0.1, -0.05) is 170 Å². The van der Waals surface area contributed by atoms with E-state index in [9.17, 15) is 19.0 Å². The Morgan fingerprint density at radius 1 is 0.542 bits per heavy atom. The van der Waals surface area contributed by atoms with Crippen molar-refractivity contribution in [3.63, 3.8) is 0 Å². The molecule has 59 heavy (non-hydrogen) atoms. The number of quaternary nitrogens is 1. The van der Waals surface area contributed by atoms with Crippen LogP contribution >= 0.6 is 7.82 Å². The molecule has 0 aliphatic rings. The van der Waals surface area contributed by atoms with Crippen LogP contribution in [0.1, 0.15) is 162 Å². The van der Waals surface area contributed by atoms with Gasteiger partial charge >= 0.3 is 19.8 Å². The number of carbonyl (C=O) groups excluding carboxylic acids is 2. The maximum absolute atomic E-state index is 12.7. The molecule has 0 saturated carbocycles. The van der Waals surface area contributed by atoms with Crippen LogP contribution in [-0.4, -0.2) is 74.9 Å². The number of nitrogens with zero attached hydrogens (tertiary/aromatic N) is 1. The molecule has 338 valence electrons. The van der Waals surface area contributed by atoms with Crippen LogP contribution in [0.2, 0.25) is 0 Å². The van der Waals surface area contributed by atoms with E-state index in [-0.39, 0.29) is 32.0 Å². The van der Waals surface area contributed by atoms with Gasteiger partial charge in [0.15, 0.2) is 6.10 Å². The predicted molar refractivity (Wildman–Crippen MR) is 247 cm³/mol. The summed E-state index contributed by atoms with van der Waals surface area (Å²) in [4.78, 5) is 35.3. The highest BCUT2D eigenvalue weighted by molar-refractivity contribution is 7.47. The van der Waals surface area contributed by atoms with Gasteiger partial charge in [0, 0.05) is 12.8 Å². The zero-order valence-corrected chi connectivity index (χ0v) is 38.8. The maximum atomic E-state index is 12.7. The first kappa shape index (κ1) is 56.2. The second-order valence-corrected chi connectivity index (χ2v) is 17.5. The minimum absolute atomic E-state index is 0.0172. The molecule has 9 nitrogen and oxygen atoms in total. The highest BCUT2D eigenvalue weighted by Crippen LogP contribution is 2.43. The lowest BCUT2D eigenvalue weighted by atomic mass is 10.0. The van der Waals surface area contributed by atoms with Crippen molar-refractivity contribution < 1.29 is 42.1 Å². The fourth-order valence-corrected chi connectivity index (χ4v) is 6.39. The Hall–Kier alpha value is -2.81. The van der Waals surface area contributed by atoms with E-state index in [4.69, 9.17) is 18.5 Å². The Kier molecular flexibility index (Phi) is 38.7. The maximum Gasteiger partial charge on any atom is 0.472 e. The fraction of sp³-hybridized carbons (Fsp3) is 0.673. The molecule has 0 saturated heterocycles. The van der Waals surface area contributed by atoms with E-state index in [0.717, 1.165) is 64.2 Å². The van der Waals surface area contributed by atoms with Gasteiger partial charge in [-0.3, -0.25) is 18.6 Å². The predicted octanol–water partition coefficient (Wildman–Crippen LogP) is 13.2. The Balaban J connectivity index is 4.45. The third-order valence-corrected chi connectivity index (χ3v) is 10.2. The monoisotopic (exact) mass is 847 g/mol. The highest BCUT2D eigenvalue weighted by Gasteiger charge is 2.27. The molecule has 0 aromatic heterocycles. The average molecular weight is 847 g/mol. The number of allylic oxidation sites excluding steroid dienone is 14. The van der Waals surface area contributed by atoms with Crippen LogP contribution < -0.4 is 0 Å². The number of hydrogen-bond donors (Lipinski definition) is 1. The molecular formula is C49H85NO8P+. The molecule has 0 aliphatic carbocycles. The van der Waals surface area contributed by atoms with Gasteiger partial charge in [-0.2, -0.15) is 0 Å². The van der Waals surface area contributed by atoms with Gasteiger partial charge in [0.2, 0.25) is 0 Å². The quantitative estimate of drug-likeness (QED) is 0.0214. The largest absolute Gasteiger partial charge is 0.472 e. The van der Waals surface area contributed by atoms with Crippen LogP contribution in [0, 0.1) is 0 Å². The zero-order chi connectivity index (χ0) is 43.6. The molecule has 1 N–H and O–H groups in total. The Morgan fingerprint density at radius 3 is 1.42 bits per heavy atom. The van der Waals surface area contributed by atoms with E-state index in [1.54, 1.807) is 0 Å². The van der Waals surface area contributed by atoms with Crippen LogP contribution in [0.25, 0.3) is 0 Å². The highest BCUT2D eigenvalue weighted by atomic mass is 31.2. The molecule has 0 spiro atoms. The summed E-state index contributed by atoms with van der Waals surface area (Å²) >= 11 is 0. The molecule has 2 unspecified atom stereocenters. The first-order chi connectivity index (χ1) is 28.5. The smallest absolute Gasteiger partial charge is 0.462 e. The molecule has 0 radical (unpaired) electrons. The van der Waals surface area contributed by atoms with Gasteiger partial charge in [-0.05, 0) is 64.2 Å². The van der Waals surface area contributed by atoms with Crippen LogP contribution in [-0.2, 0) is 32.7 Å². The minimum atomic E-state index is -4.39. The summed E-state index contributed by atoms with van der Waals surface area (Å²) in [5.74, 6) is -0.874. The van der Waals surface area contributed by atoms with Crippen molar-refractivity contribution in [2.45, 2.75) is 168 Å². The number of ether oxygens (including phenoxy) is 2. The molecule has 0 fully saturated rings. The lowest BCUT2D eigenvalue weighted by Crippen LogP contribution is -2.37. The van der Waals surface area contributed by atoms with Crippen LogP contribution in [0.5, 0.6) is 0 Å². The van der Waals surface area contributed by atoms with Gasteiger partial charge in [-0.25, -0.2) is 4.57 Å². The van der Waals surface area contributed by atoms with Crippen molar-refractivity contribution in [2.75, 3.05) is 47.5 Å². The molecular weight excluding hydrogens is 762 g/mol. The normalized spacial score (nSPS) is 14.3. The minimum Gasteiger partial charge on any atom is -0.462 e. The first-order valence-electron chi connectivity index (χ1n) is 22.8. The summed E-state index contributed by atoms with van der Waals surface area (Å²) in [7, 11) is 1.43. The van der Waals surface area contributed by atoms with Crippen LogP contribution in [0.3, 0.4) is 0 Å². The van der Waals surface area contributed by atoms with E-state index >= 15 is 0 Å². The van der Waals surface area contributed by atoms with E-state index in [2.05, 4.69) is 92.8 Å². The molecule has 0 rings (SSSR count). The van der Waals surface area contributed by atoms with Gasteiger partial charge in [-0.15, -0.1) is 0 Å². The van der Waals surface area contributed by atoms with Crippen molar-refractivity contribution in [2.24, 2.45) is 0 Å². The summed E-state index contributed by atoms with van der Waals surface area (Å²) in [5.41, 5.74) is 0. The second kappa shape index (κ2) is 40.6. The summed E-state index contributed by atoms with van der Waals surface area (Å²) < 4.78 is 34.2. The lowest BCUT2D eigenvalue weighted by molar-refractivity contribution is -0.870. The number of esters is 2. The second-order valence-electron chi connectivity index (χ2n) is 16.1. The van der Waals surface area contributed by atoms with Crippen molar-refractivity contribution in [3.05, 3.63) is 85.1 Å². The number of carbonyl (C=O) groups is 2. The lowest BCUT2D eigenvalue weighted by Gasteiger charge is -2.24. The van der Waals surface area contributed by atoms with Crippen LogP contribution in [0.4, 0.5) is 0 Å². The van der Waals surface area contributed by atoms with Gasteiger partial charge in [0.1, 0.15) is 19.8 Å². The molecule has 10 heteroatoms. The molecule has 0 aromatic carbocycles. The van der Waals surface area contributed by atoms with Crippen molar-refractivity contribution in [3.8, 4) is 0 Å². The summed E-state index contributed by atoms with van der Waals surface area (Å²) in [6, 6.07) is 0. The molecule has 0 amide bonds. The fourth-order valence-electron chi connectivity index (χ4n) is 5.65. The van der Waals surface area contributed by atoms with E-state index in [0.29, 0.717) is 23.9 Å². The van der Waals surface area contributed by atoms with Gasteiger partial charge < -0.3 is 18.9 Å². The van der Waals surface area contributed by atoms with Crippen molar-refractivity contribution in [1.29, 1.82) is 0 Å². The number of phosphoric acid groups is 1. The number of likely N-dealkylation sites (N-methyl/N-ethyl adjacent to an activating group) is 1. The molecule has 0 heterocycles. The molecule has 0 bridgehead atoms. The first-order valence-corrected chi connectivity index (χ1v) is 24.3. The van der Waals surface area contributed by atoms with E-state index in [1.807, 2.05) is 27.2 Å². The summed E-state index contributed by atoms with van der Waals surface area (Å²) in [6.45, 7) is 4.22. The van der Waals surface area contributed by atoms with E-state index < -0.39 is 26.5 Å². The molecule has 2 atom stereocenters. The Bertz CT molecular complexity index is 1280. The van der Waals surface area contributed by atoms with Crippen molar-refractivity contribution >= 4 is 19.8 Å². The standard InChI is InChI=1S/C49H84NO8P/c1-6-8-10-12-14-16-18-20-21-22-23-24-25-26-27-28-29-30-32-34-36-38-40-42-49(52)58-47(46-57-59(53,54)56-44-43-50(3,4)5)45-55-48(51)41-39-37-35-33-31-19-17-15-13-11-9-7-2/h8,10,14,16,20-21,23-24,26-27,29-30,34,36,47H,6-7,9,11-13,15,17-19,22,25,28,31-33,35,37-46H2,1-5H3/p+1/b10-8-,16-14-,21-20-,24-23-,27-26-,30-29-,36-34-. The number of rotatable bonds is 40. The third-order valence-electron chi connectivity index (χ3n) is 9.19. The van der Waals surface area contributed by atoms with Crippen molar-refractivity contribution in [1.82, 2.24) is 0 Å². The summed E-state index contributed by atoms with van der Waals surface area (Å²) in [5, 5.41) is 0. The number of phosphoric ester groups is 1. The Labute approximate surface area is 361 Å². The zero-order valence-electron chi connectivity index (χ0n) is 38.0. The number of unbranched alkanes of at least 4 members (excludes halogenated alkanes) is 12. The molecule has 0 aliphatic heterocycles. The topological polar surface area (TPSA) is 108 Å². The van der Waals surface area contributed by atoms with E-state index in [1.165, 1.54) is 57.8 Å². The van der Waals surface area contributed by atoms with Gasteiger partial charge in [0.05, 0.1) is 27.7 Å². The molecule has 0 aromatic rings. The third kappa shape index (κ3) is 44.6.